The maximum Gasteiger partial charge on any atom is 0.143 e. The molecule has 1 aromatic carbocycles. The molecule has 3 rings (SSSR count). The third-order valence-electron chi connectivity index (χ3n) is 3.95. The summed E-state index contributed by atoms with van der Waals surface area (Å²) < 4.78 is 5.42. The largest absolute Gasteiger partial charge is 0.495 e. The fourth-order valence-electron chi connectivity index (χ4n) is 2.91. The van der Waals surface area contributed by atoms with Crippen LogP contribution in [0.15, 0.2) is 6.07 Å². The van der Waals surface area contributed by atoms with Gasteiger partial charge in [0.05, 0.1) is 17.7 Å². The van der Waals surface area contributed by atoms with E-state index in [0.29, 0.717) is 10.8 Å². The average molecular weight is 253 g/mol. The maximum absolute atomic E-state index is 10.5. The van der Waals surface area contributed by atoms with E-state index < -0.39 is 5.60 Å². The summed E-state index contributed by atoms with van der Waals surface area (Å²) in [6.45, 7) is 0. The number of aryl methyl sites for hydroxylation is 1. The number of hydrogen-bond donors (Lipinski definition) is 1. The number of hydrogen-bond acceptors (Lipinski definition) is 2. The van der Waals surface area contributed by atoms with Crippen LogP contribution < -0.4 is 4.74 Å². The first-order valence-corrected chi connectivity index (χ1v) is 6.64. The van der Waals surface area contributed by atoms with E-state index in [1.54, 1.807) is 7.11 Å². The molecule has 92 valence electrons. The minimum absolute atomic E-state index is 0.642. The second-order valence-electron chi connectivity index (χ2n) is 5.14. The summed E-state index contributed by atoms with van der Waals surface area (Å²) in [7, 11) is 1.63. The smallest absolute Gasteiger partial charge is 0.143 e. The highest BCUT2D eigenvalue weighted by molar-refractivity contribution is 6.32. The molecule has 0 bridgehead atoms. The Hall–Kier alpha value is -0.730. The summed E-state index contributed by atoms with van der Waals surface area (Å²) >= 11 is 6.26. The zero-order valence-electron chi connectivity index (χ0n) is 10.1. The van der Waals surface area contributed by atoms with Crippen molar-refractivity contribution < 1.29 is 9.84 Å². The van der Waals surface area contributed by atoms with Crippen LogP contribution in [0.2, 0.25) is 5.02 Å². The van der Waals surface area contributed by atoms with Gasteiger partial charge in [-0.1, -0.05) is 11.6 Å². The van der Waals surface area contributed by atoms with Crippen molar-refractivity contribution in [2.24, 2.45) is 0 Å². The van der Waals surface area contributed by atoms with Crippen LogP contribution in [0.4, 0.5) is 0 Å². The van der Waals surface area contributed by atoms with E-state index >= 15 is 0 Å². The number of rotatable bonds is 2. The quantitative estimate of drug-likeness (QED) is 0.876. The third-order valence-corrected chi connectivity index (χ3v) is 4.23. The van der Waals surface area contributed by atoms with Gasteiger partial charge in [-0.15, -0.1) is 0 Å². The molecule has 2 nitrogen and oxygen atoms in total. The Morgan fingerprint density at radius 3 is 2.65 bits per heavy atom. The summed E-state index contributed by atoms with van der Waals surface area (Å²) in [6.07, 6.45) is 6.18. The van der Waals surface area contributed by atoms with Crippen molar-refractivity contribution >= 4 is 11.6 Å². The Balaban J connectivity index is 2.23. The molecule has 0 unspecified atom stereocenters. The molecule has 1 aromatic rings. The first-order chi connectivity index (χ1) is 8.15. The first kappa shape index (κ1) is 11.4. The van der Waals surface area contributed by atoms with Gasteiger partial charge in [-0.25, -0.2) is 0 Å². The molecule has 3 heteroatoms. The molecule has 2 aliphatic carbocycles. The van der Waals surface area contributed by atoms with Gasteiger partial charge >= 0.3 is 0 Å². The van der Waals surface area contributed by atoms with Crippen LogP contribution in [0, 0.1) is 0 Å². The normalized spacial score (nSPS) is 20.9. The minimum Gasteiger partial charge on any atom is -0.495 e. The molecule has 0 saturated heterocycles. The standard InChI is InChI=1S/C14H17ClO2/c1-17-13-11(15)8-9-4-2-3-5-10(9)12(13)14(16)6-7-14/h8,16H,2-7H2,1H3. The highest BCUT2D eigenvalue weighted by Crippen LogP contribution is 2.53. The minimum atomic E-state index is -0.669. The van der Waals surface area contributed by atoms with Crippen molar-refractivity contribution in [3.05, 3.63) is 27.8 Å². The van der Waals surface area contributed by atoms with Gasteiger partial charge in [0.15, 0.2) is 0 Å². The molecular weight excluding hydrogens is 236 g/mol. The molecule has 0 radical (unpaired) electrons. The van der Waals surface area contributed by atoms with E-state index in [1.807, 2.05) is 6.07 Å². The Morgan fingerprint density at radius 1 is 1.29 bits per heavy atom. The molecule has 2 aliphatic rings. The number of halogens is 1. The van der Waals surface area contributed by atoms with Gasteiger partial charge in [0.1, 0.15) is 5.75 Å². The van der Waals surface area contributed by atoms with Crippen LogP contribution in [0.1, 0.15) is 42.4 Å². The van der Waals surface area contributed by atoms with Gasteiger partial charge in [-0.05, 0) is 55.7 Å². The van der Waals surface area contributed by atoms with E-state index in [2.05, 4.69) is 0 Å². The second-order valence-corrected chi connectivity index (χ2v) is 5.55. The molecule has 1 fully saturated rings. The highest BCUT2D eigenvalue weighted by Gasteiger charge is 2.47. The van der Waals surface area contributed by atoms with Crippen LogP contribution in [-0.2, 0) is 18.4 Å². The lowest BCUT2D eigenvalue weighted by atomic mass is 9.85. The topological polar surface area (TPSA) is 29.5 Å². The van der Waals surface area contributed by atoms with Crippen molar-refractivity contribution in [3.63, 3.8) is 0 Å². The van der Waals surface area contributed by atoms with Crippen molar-refractivity contribution in [3.8, 4) is 5.75 Å². The summed E-state index contributed by atoms with van der Waals surface area (Å²) in [6, 6.07) is 2.02. The zero-order chi connectivity index (χ0) is 12.0. The summed E-state index contributed by atoms with van der Waals surface area (Å²) in [5.41, 5.74) is 2.90. The number of methoxy groups -OCH3 is 1. The maximum atomic E-state index is 10.5. The fourth-order valence-corrected chi connectivity index (χ4v) is 3.21. The Labute approximate surface area is 107 Å². The fraction of sp³-hybridized carbons (Fsp3) is 0.571. The number of aliphatic hydroxyl groups is 1. The molecule has 0 amide bonds. The van der Waals surface area contributed by atoms with E-state index in [-0.39, 0.29) is 0 Å². The molecule has 0 atom stereocenters. The second kappa shape index (κ2) is 3.89. The van der Waals surface area contributed by atoms with Crippen LogP contribution in [0.5, 0.6) is 5.75 Å². The van der Waals surface area contributed by atoms with Gasteiger partial charge in [0.2, 0.25) is 0 Å². The predicted octanol–water partition coefficient (Wildman–Crippen LogP) is 3.21. The van der Waals surface area contributed by atoms with Crippen molar-refractivity contribution in [2.45, 2.75) is 44.1 Å². The van der Waals surface area contributed by atoms with Crippen LogP contribution in [0.3, 0.4) is 0 Å². The average Bonchev–Trinajstić information content (AvgIpc) is 3.06. The van der Waals surface area contributed by atoms with Gasteiger partial charge in [-0.2, -0.15) is 0 Å². The van der Waals surface area contributed by atoms with Crippen LogP contribution >= 0.6 is 11.6 Å². The monoisotopic (exact) mass is 252 g/mol. The lowest BCUT2D eigenvalue weighted by Crippen LogP contribution is -2.15. The number of benzene rings is 1. The van der Waals surface area contributed by atoms with E-state index in [0.717, 1.165) is 31.2 Å². The predicted molar refractivity (Wildman–Crippen MR) is 67.8 cm³/mol. The molecule has 1 saturated carbocycles. The lowest BCUT2D eigenvalue weighted by molar-refractivity contribution is 0.146. The Kier molecular flexibility index (Phi) is 2.60. The highest BCUT2D eigenvalue weighted by atomic mass is 35.5. The van der Waals surface area contributed by atoms with E-state index in [1.165, 1.54) is 24.0 Å². The van der Waals surface area contributed by atoms with Crippen molar-refractivity contribution in [1.82, 2.24) is 0 Å². The van der Waals surface area contributed by atoms with Gasteiger partial charge in [0, 0.05) is 5.56 Å². The molecule has 0 heterocycles. The van der Waals surface area contributed by atoms with Crippen LogP contribution in [0.25, 0.3) is 0 Å². The first-order valence-electron chi connectivity index (χ1n) is 6.27. The van der Waals surface area contributed by atoms with E-state index in [4.69, 9.17) is 16.3 Å². The molecule has 1 N–H and O–H groups in total. The number of fused-ring (bicyclic) bond motifs is 1. The lowest BCUT2D eigenvalue weighted by Gasteiger charge is -2.25. The zero-order valence-corrected chi connectivity index (χ0v) is 10.8. The summed E-state index contributed by atoms with van der Waals surface area (Å²) in [4.78, 5) is 0. The SMILES string of the molecule is COc1c(Cl)cc2c(c1C1(O)CC1)CCCC2. The van der Waals surface area contributed by atoms with Gasteiger partial charge < -0.3 is 9.84 Å². The van der Waals surface area contributed by atoms with Gasteiger partial charge in [0.25, 0.3) is 0 Å². The molecular formula is C14H17ClO2. The number of ether oxygens (including phenoxy) is 1. The summed E-state index contributed by atoms with van der Waals surface area (Å²) in [5, 5.41) is 11.1. The third kappa shape index (κ3) is 1.74. The molecule has 0 aromatic heterocycles. The Bertz CT molecular complexity index is 464. The van der Waals surface area contributed by atoms with E-state index in [9.17, 15) is 5.11 Å². The Morgan fingerprint density at radius 2 is 2.00 bits per heavy atom. The van der Waals surface area contributed by atoms with Crippen LogP contribution in [-0.4, -0.2) is 12.2 Å². The molecule has 17 heavy (non-hydrogen) atoms. The molecule has 0 spiro atoms. The molecule has 0 aliphatic heterocycles. The van der Waals surface area contributed by atoms with Crippen molar-refractivity contribution in [1.29, 1.82) is 0 Å². The van der Waals surface area contributed by atoms with Crippen molar-refractivity contribution in [2.75, 3.05) is 7.11 Å². The van der Waals surface area contributed by atoms with Gasteiger partial charge in [-0.3, -0.25) is 0 Å². The summed E-state index contributed by atoms with van der Waals surface area (Å²) in [5.74, 6) is 0.687.